The zero-order valence-corrected chi connectivity index (χ0v) is 11.9. The van der Waals surface area contributed by atoms with Crippen LogP contribution < -0.4 is 9.64 Å². The number of carbonyl (C=O) groups is 1. The molecule has 0 atom stereocenters. The molecule has 5 heteroatoms. The lowest BCUT2D eigenvalue weighted by Gasteiger charge is -2.19. The van der Waals surface area contributed by atoms with Gasteiger partial charge in [-0.2, -0.15) is 0 Å². The highest BCUT2D eigenvalue weighted by molar-refractivity contribution is 5.89. The minimum atomic E-state index is -0.509. The first kappa shape index (κ1) is 14.7. The van der Waals surface area contributed by atoms with Crippen LogP contribution in [0, 0.1) is 0 Å². The van der Waals surface area contributed by atoms with Crippen molar-refractivity contribution in [2.45, 2.75) is 6.61 Å². The van der Waals surface area contributed by atoms with Crippen molar-refractivity contribution in [1.82, 2.24) is 0 Å². The van der Waals surface area contributed by atoms with E-state index in [0.29, 0.717) is 18.0 Å². The summed E-state index contributed by atoms with van der Waals surface area (Å²) in [6.07, 6.45) is -0.509. The average Bonchev–Trinajstić information content (AvgIpc) is 2.52. The molecule has 0 spiro atoms. The number of hydrogen-bond donors (Lipinski definition) is 1. The number of amides is 1. The fourth-order valence-electron chi connectivity index (χ4n) is 1.87. The van der Waals surface area contributed by atoms with Gasteiger partial charge in [0.2, 0.25) is 0 Å². The van der Waals surface area contributed by atoms with Gasteiger partial charge in [-0.15, -0.1) is 0 Å². The molecule has 0 fully saturated rings. The highest BCUT2D eigenvalue weighted by Gasteiger charge is 2.16. The topological polar surface area (TPSA) is 59.0 Å². The number of nitrogens with zero attached hydrogens (tertiary/aromatic N) is 1. The van der Waals surface area contributed by atoms with Crippen LogP contribution >= 0.6 is 0 Å². The molecule has 1 amide bonds. The highest BCUT2D eigenvalue weighted by Crippen LogP contribution is 2.32. The van der Waals surface area contributed by atoms with Crippen molar-refractivity contribution in [3.05, 3.63) is 54.1 Å². The minimum absolute atomic E-state index is 0.0695. The van der Waals surface area contributed by atoms with Crippen LogP contribution in [0.4, 0.5) is 10.5 Å². The lowest BCUT2D eigenvalue weighted by Crippen LogP contribution is -2.26. The zero-order chi connectivity index (χ0) is 15.2. The molecule has 0 unspecified atom stereocenters. The summed E-state index contributed by atoms with van der Waals surface area (Å²) in [7, 11) is 2.89. The van der Waals surface area contributed by atoms with E-state index in [-0.39, 0.29) is 5.75 Å². The number of phenols is 1. The Labute approximate surface area is 123 Å². The van der Waals surface area contributed by atoms with Crippen LogP contribution in [0.3, 0.4) is 0 Å². The Morgan fingerprint density at radius 3 is 2.57 bits per heavy atom. The molecule has 0 saturated heterocycles. The number of aromatic hydroxyl groups is 1. The fraction of sp³-hybridized carbons (Fsp3) is 0.188. The first-order chi connectivity index (χ1) is 10.1. The third-order valence-electron chi connectivity index (χ3n) is 2.99. The lowest BCUT2D eigenvalue weighted by atomic mass is 10.2. The molecule has 0 aromatic heterocycles. The summed E-state index contributed by atoms with van der Waals surface area (Å²) in [6.45, 7) is 0.340. The number of phenolic OH excluding ortho intramolecular Hbond substituents is 1. The van der Waals surface area contributed by atoms with E-state index in [9.17, 15) is 9.90 Å². The van der Waals surface area contributed by atoms with Crippen molar-refractivity contribution in [1.29, 1.82) is 0 Å². The molecule has 2 rings (SSSR count). The van der Waals surface area contributed by atoms with Gasteiger partial charge in [0.05, 0.1) is 12.8 Å². The summed E-state index contributed by atoms with van der Waals surface area (Å²) < 4.78 is 10.4. The molecule has 5 nitrogen and oxygen atoms in total. The number of hydrogen-bond acceptors (Lipinski definition) is 4. The maximum atomic E-state index is 11.6. The summed E-state index contributed by atoms with van der Waals surface area (Å²) in [4.78, 5) is 12.9. The molecule has 0 aliphatic rings. The molecule has 0 radical (unpaired) electrons. The summed E-state index contributed by atoms with van der Waals surface area (Å²) in [6, 6.07) is 14.2. The number of anilines is 1. The quantitative estimate of drug-likeness (QED) is 0.938. The van der Waals surface area contributed by atoms with E-state index in [1.54, 1.807) is 13.1 Å². The van der Waals surface area contributed by atoms with Crippen LogP contribution in [-0.4, -0.2) is 25.4 Å². The number of rotatable bonds is 4. The monoisotopic (exact) mass is 287 g/mol. The van der Waals surface area contributed by atoms with Gasteiger partial charge in [0, 0.05) is 13.1 Å². The molecule has 0 aliphatic carbocycles. The minimum Gasteiger partial charge on any atom is -0.508 e. The van der Waals surface area contributed by atoms with E-state index < -0.39 is 6.09 Å². The molecule has 0 heterocycles. The van der Waals surface area contributed by atoms with Gasteiger partial charge in [0.15, 0.2) is 0 Å². The van der Waals surface area contributed by atoms with Crippen molar-refractivity contribution in [2.24, 2.45) is 0 Å². The van der Waals surface area contributed by atoms with Crippen molar-refractivity contribution in [3.8, 4) is 11.5 Å². The van der Waals surface area contributed by atoms with Crippen molar-refractivity contribution >= 4 is 11.8 Å². The SMILES string of the molecule is COC(=O)N(C)c1ccc(O)cc1OCc1ccccc1. The maximum absolute atomic E-state index is 11.6. The maximum Gasteiger partial charge on any atom is 0.413 e. The largest absolute Gasteiger partial charge is 0.508 e. The summed E-state index contributed by atoms with van der Waals surface area (Å²) in [5.74, 6) is 0.479. The van der Waals surface area contributed by atoms with Crippen LogP contribution in [0.5, 0.6) is 11.5 Å². The zero-order valence-electron chi connectivity index (χ0n) is 11.9. The smallest absolute Gasteiger partial charge is 0.413 e. The predicted octanol–water partition coefficient (Wildman–Crippen LogP) is 3.17. The molecular weight excluding hydrogens is 270 g/mol. The van der Waals surface area contributed by atoms with Gasteiger partial charge in [-0.1, -0.05) is 30.3 Å². The molecule has 1 N–H and O–H groups in total. The van der Waals surface area contributed by atoms with Crippen molar-refractivity contribution < 1.29 is 19.4 Å². The van der Waals surface area contributed by atoms with Crippen LogP contribution in [0.1, 0.15) is 5.56 Å². The Kier molecular flexibility index (Phi) is 4.66. The van der Waals surface area contributed by atoms with E-state index in [2.05, 4.69) is 4.74 Å². The van der Waals surface area contributed by atoms with E-state index in [4.69, 9.17) is 4.74 Å². The molecule has 0 bridgehead atoms. The molecule has 110 valence electrons. The van der Waals surface area contributed by atoms with Crippen LogP contribution in [0.2, 0.25) is 0 Å². The van der Waals surface area contributed by atoms with Gasteiger partial charge in [-0.25, -0.2) is 4.79 Å². The second-order valence-electron chi connectivity index (χ2n) is 4.46. The van der Waals surface area contributed by atoms with Crippen molar-refractivity contribution in [3.63, 3.8) is 0 Å². The van der Waals surface area contributed by atoms with Crippen LogP contribution in [-0.2, 0) is 11.3 Å². The standard InChI is InChI=1S/C16H17NO4/c1-17(16(19)20-2)14-9-8-13(18)10-15(14)21-11-12-6-4-3-5-7-12/h3-10,18H,11H2,1-2H3. The van der Waals surface area contributed by atoms with Gasteiger partial charge in [0.25, 0.3) is 0 Å². The Balaban J connectivity index is 2.21. The molecule has 2 aromatic carbocycles. The number of ether oxygens (including phenoxy) is 2. The number of methoxy groups -OCH3 is 1. The Morgan fingerprint density at radius 2 is 1.90 bits per heavy atom. The second-order valence-corrected chi connectivity index (χ2v) is 4.46. The number of carbonyl (C=O) groups excluding carboxylic acids is 1. The molecular formula is C16H17NO4. The molecule has 0 saturated carbocycles. The number of benzene rings is 2. The fourth-order valence-corrected chi connectivity index (χ4v) is 1.87. The third-order valence-corrected chi connectivity index (χ3v) is 2.99. The summed E-state index contributed by atoms with van der Waals surface area (Å²) in [5.41, 5.74) is 1.52. The summed E-state index contributed by atoms with van der Waals surface area (Å²) in [5, 5.41) is 9.60. The van der Waals surface area contributed by atoms with Crippen LogP contribution in [0.15, 0.2) is 48.5 Å². The van der Waals surface area contributed by atoms with Gasteiger partial charge >= 0.3 is 6.09 Å². The Hall–Kier alpha value is -2.69. The van der Waals surface area contributed by atoms with Gasteiger partial charge in [0.1, 0.15) is 18.1 Å². The van der Waals surface area contributed by atoms with Crippen LogP contribution in [0.25, 0.3) is 0 Å². The van der Waals surface area contributed by atoms with Crippen molar-refractivity contribution in [2.75, 3.05) is 19.1 Å². The lowest BCUT2D eigenvalue weighted by molar-refractivity contribution is 0.180. The Bertz CT molecular complexity index is 613. The molecule has 0 aliphatic heterocycles. The first-order valence-electron chi connectivity index (χ1n) is 6.43. The second kappa shape index (κ2) is 6.65. The predicted molar refractivity (Wildman–Crippen MR) is 79.7 cm³/mol. The van der Waals surface area contributed by atoms with Gasteiger partial charge < -0.3 is 14.6 Å². The highest BCUT2D eigenvalue weighted by atomic mass is 16.5. The van der Waals surface area contributed by atoms with E-state index in [1.165, 1.54) is 24.1 Å². The average molecular weight is 287 g/mol. The van der Waals surface area contributed by atoms with Gasteiger partial charge in [-0.3, -0.25) is 4.90 Å². The molecule has 21 heavy (non-hydrogen) atoms. The first-order valence-corrected chi connectivity index (χ1v) is 6.43. The molecule has 2 aromatic rings. The van der Waals surface area contributed by atoms with E-state index in [0.717, 1.165) is 5.56 Å². The third kappa shape index (κ3) is 3.66. The Morgan fingerprint density at radius 1 is 1.19 bits per heavy atom. The summed E-state index contributed by atoms with van der Waals surface area (Å²) >= 11 is 0. The van der Waals surface area contributed by atoms with E-state index >= 15 is 0 Å². The van der Waals surface area contributed by atoms with Gasteiger partial charge in [-0.05, 0) is 17.7 Å². The van der Waals surface area contributed by atoms with E-state index in [1.807, 2.05) is 30.3 Å². The normalized spacial score (nSPS) is 10.0.